The standard InChI is InChI=1S/C40H72O9/c1-3-5-7-8-9-10-11-12-13-14-15-16-17-22-26-38(44)47-31-34(42)32-48-39(45)27-23-19-18-21-25-35-36(43)30-40(46)49-37(35)29-28-33(41)24-20-6-4-2/h18,21,28-29,33-37,40-43,46H,3-17,19-20,22-27,30-32H2,1-2H3/b21-18-,29-28+/t33-,34-,35-,36-,37+,40?/m0/s1. The third-order valence-electron chi connectivity index (χ3n) is 9.23. The molecule has 1 aliphatic heterocycles. The maximum absolute atomic E-state index is 12.1. The summed E-state index contributed by atoms with van der Waals surface area (Å²) in [6, 6.07) is 0. The molecule has 0 aromatic carbocycles. The summed E-state index contributed by atoms with van der Waals surface area (Å²) in [6.07, 6.45) is 27.1. The summed E-state index contributed by atoms with van der Waals surface area (Å²) in [5.41, 5.74) is 0. The highest BCUT2D eigenvalue weighted by Crippen LogP contribution is 2.29. The summed E-state index contributed by atoms with van der Waals surface area (Å²) in [5, 5.41) is 40.7. The van der Waals surface area contributed by atoms with Gasteiger partial charge in [0.25, 0.3) is 0 Å². The van der Waals surface area contributed by atoms with Gasteiger partial charge in [-0.25, -0.2) is 0 Å². The summed E-state index contributed by atoms with van der Waals surface area (Å²) < 4.78 is 15.9. The molecular weight excluding hydrogens is 624 g/mol. The van der Waals surface area contributed by atoms with Gasteiger partial charge in [-0.2, -0.15) is 0 Å². The van der Waals surface area contributed by atoms with Crippen LogP contribution in [-0.2, 0) is 23.8 Å². The van der Waals surface area contributed by atoms with Crippen LogP contribution in [0.3, 0.4) is 0 Å². The molecule has 0 spiro atoms. The molecule has 1 rings (SSSR count). The summed E-state index contributed by atoms with van der Waals surface area (Å²) >= 11 is 0. The fraction of sp³-hybridized carbons (Fsp3) is 0.850. The average Bonchev–Trinajstić information content (AvgIpc) is 3.07. The third-order valence-corrected chi connectivity index (χ3v) is 9.23. The molecule has 1 heterocycles. The predicted octanol–water partition coefficient (Wildman–Crippen LogP) is 8.00. The van der Waals surface area contributed by atoms with E-state index in [0.29, 0.717) is 32.1 Å². The first-order chi connectivity index (χ1) is 23.8. The van der Waals surface area contributed by atoms with Crippen LogP contribution in [0.25, 0.3) is 0 Å². The number of aliphatic hydroxyl groups is 4. The lowest BCUT2D eigenvalue weighted by atomic mass is 9.87. The van der Waals surface area contributed by atoms with E-state index < -0.39 is 36.7 Å². The molecule has 49 heavy (non-hydrogen) atoms. The zero-order chi connectivity index (χ0) is 36.0. The highest BCUT2D eigenvalue weighted by Gasteiger charge is 2.35. The molecule has 0 saturated carbocycles. The first kappa shape index (κ1) is 45.2. The molecular formula is C40H72O9. The van der Waals surface area contributed by atoms with Gasteiger partial charge >= 0.3 is 11.9 Å². The summed E-state index contributed by atoms with van der Waals surface area (Å²) in [7, 11) is 0. The fourth-order valence-corrected chi connectivity index (χ4v) is 6.13. The van der Waals surface area contributed by atoms with E-state index >= 15 is 0 Å². The summed E-state index contributed by atoms with van der Waals surface area (Å²) in [6.45, 7) is 3.97. The van der Waals surface area contributed by atoms with Crippen molar-refractivity contribution in [3.05, 3.63) is 24.3 Å². The second-order valence-corrected chi connectivity index (χ2v) is 13.9. The molecule has 0 aromatic rings. The van der Waals surface area contributed by atoms with Crippen LogP contribution in [-0.4, -0.2) is 76.3 Å². The fourth-order valence-electron chi connectivity index (χ4n) is 6.13. The SMILES string of the molecule is CCCCCCCCCCCCCCCCC(=O)OC[C@H](O)COC(=O)CCC/C=C\C[C@H]1[C@@H](O)CC(O)O[C@@H]1/C=C/[C@@H](O)CCCCC. The first-order valence-electron chi connectivity index (χ1n) is 19.8. The second kappa shape index (κ2) is 31.0. The van der Waals surface area contributed by atoms with Crippen LogP contribution in [0, 0.1) is 5.92 Å². The molecule has 286 valence electrons. The van der Waals surface area contributed by atoms with Crippen molar-refractivity contribution in [3.8, 4) is 0 Å². The zero-order valence-electron chi connectivity index (χ0n) is 31.0. The molecule has 1 aliphatic rings. The van der Waals surface area contributed by atoms with Crippen LogP contribution >= 0.6 is 0 Å². The minimum Gasteiger partial charge on any atom is -0.463 e. The molecule has 6 atom stereocenters. The number of unbranched alkanes of at least 4 members (excludes halogenated alkanes) is 16. The number of hydrogen-bond acceptors (Lipinski definition) is 9. The Hall–Kier alpha value is -1.78. The van der Waals surface area contributed by atoms with Crippen LogP contribution in [0.1, 0.15) is 168 Å². The Labute approximate surface area is 297 Å². The van der Waals surface area contributed by atoms with Gasteiger partial charge in [0.05, 0.1) is 18.3 Å². The van der Waals surface area contributed by atoms with E-state index in [1.54, 1.807) is 12.2 Å². The summed E-state index contributed by atoms with van der Waals surface area (Å²) in [5.74, 6) is -1.01. The number of carbonyl (C=O) groups is 2. The molecule has 1 saturated heterocycles. The number of carbonyl (C=O) groups excluding carboxylic acids is 2. The number of ether oxygens (including phenoxy) is 3. The van der Waals surface area contributed by atoms with Crippen LogP contribution in [0.2, 0.25) is 0 Å². The highest BCUT2D eigenvalue weighted by atomic mass is 16.6. The van der Waals surface area contributed by atoms with E-state index in [0.717, 1.165) is 38.5 Å². The van der Waals surface area contributed by atoms with Crippen molar-refractivity contribution in [3.63, 3.8) is 0 Å². The first-order valence-corrected chi connectivity index (χ1v) is 19.8. The normalized spacial score (nSPS) is 20.9. The van der Waals surface area contributed by atoms with E-state index in [-0.39, 0.29) is 37.9 Å². The van der Waals surface area contributed by atoms with Crippen LogP contribution in [0.4, 0.5) is 0 Å². The monoisotopic (exact) mass is 697 g/mol. The molecule has 4 N–H and O–H groups in total. The number of esters is 2. The molecule has 0 aliphatic carbocycles. The lowest BCUT2D eigenvalue weighted by Crippen LogP contribution is -2.43. The van der Waals surface area contributed by atoms with E-state index in [9.17, 15) is 30.0 Å². The molecule has 1 fully saturated rings. The maximum Gasteiger partial charge on any atom is 0.305 e. The third kappa shape index (κ3) is 25.8. The Balaban J connectivity index is 2.08. The largest absolute Gasteiger partial charge is 0.463 e. The molecule has 0 amide bonds. The zero-order valence-corrected chi connectivity index (χ0v) is 31.0. The van der Waals surface area contributed by atoms with Gasteiger partial charge in [0.15, 0.2) is 6.29 Å². The quantitative estimate of drug-likeness (QED) is 0.0322. The lowest BCUT2D eigenvalue weighted by molar-refractivity contribution is -0.199. The maximum atomic E-state index is 12.1. The van der Waals surface area contributed by atoms with E-state index in [1.165, 1.54) is 70.6 Å². The Morgan fingerprint density at radius 1 is 0.714 bits per heavy atom. The van der Waals surface area contributed by atoms with Gasteiger partial charge in [0.1, 0.15) is 19.3 Å². The number of allylic oxidation sites excluding steroid dienone is 2. The minimum absolute atomic E-state index is 0.137. The Kier molecular flexibility index (Phi) is 28.6. The molecule has 1 unspecified atom stereocenters. The van der Waals surface area contributed by atoms with Crippen molar-refractivity contribution < 1.29 is 44.2 Å². The molecule has 0 aromatic heterocycles. The van der Waals surface area contributed by atoms with Crippen molar-refractivity contribution in [1.82, 2.24) is 0 Å². The van der Waals surface area contributed by atoms with Gasteiger partial charge in [0.2, 0.25) is 0 Å². The van der Waals surface area contributed by atoms with E-state index in [4.69, 9.17) is 14.2 Å². The highest BCUT2D eigenvalue weighted by molar-refractivity contribution is 5.69. The molecule has 9 nitrogen and oxygen atoms in total. The minimum atomic E-state index is -1.05. The van der Waals surface area contributed by atoms with E-state index in [1.807, 2.05) is 12.2 Å². The van der Waals surface area contributed by atoms with Crippen molar-refractivity contribution >= 4 is 11.9 Å². The molecule has 9 heteroatoms. The van der Waals surface area contributed by atoms with Gasteiger partial charge < -0.3 is 34.6 Å². The average molecular weight is 697 g/mol. The van der Waals surface area contributed by atoms with Crippen LogP contribution in [0.5, 0.6) is 0 Å². The summed E-state index contributed by atoms with van der Waals surface area (Å²) in [4.78, 5) is 24.1. The van der Waals surface area contributed by atoms with Crippen LogP contribution in [0.15, 0.2) is 24.3 Å². The number of aliphatic hydroxyl groups excluding tert-OH is 4. The Morgan fingerprint density at radius 2 is 1.22 bits per heavy atom. The molecule has 0 bridgehead atoms. The second-order valence-electron chi connectivity index (χ2n) is 13.9. The van der Waals surface area contributed by atoms with Crippen molar-refractivity contribution in [2.75, 3.05) is 13.2 Å². The van der Waals surface area contributed by atoms with Crippen molar-refractivity contribution in [2.24, 2.45) is 5.92 Å². The van der Waals surface area contributed by atoms with Crippen LogP contribution < -0.4 is 0 Å². The Morgan fingerprint density at radius 3 is 1.80 bits per heavy atom. The topological polar surface area (TPSA) is 143 Å². The predicted molar refractivity (Wildman–Crippen MR) is 195 cm³/mol. The lowest BCUT2D eigenvalue weighted by Gasteiger charge is -2.36. The van der Waals surface area contributed by atoms with Crippen molar-refractivity contribution in [1.29, 1.82) is 0 Å². The van der Waals surface area contributed by atoms with Gasteiger partial charge in [-0.05, 0) is 32.1 Å². The van der Waals surface area contributed by atoms with Gasteiger partial charge in [-0.1, -0.05) is 141 Å². The van der Waals surface area contributed by atoms with Gasteiger partial charge in [-0.15, -0.1) is 0 Å². The van der Waals surface area contributed by atoms with Gasteiger partial charge in [-0.3, -0.25) is 9.59 Å². The number of rotatable bonds is 31. The van der Waals surface area contributed by atoms with Crippen molar-refractivity contribution in [2.45, 2.75) is 199 Å². The Bertz CT molecular complexity index is 861. The number of hydrogen-bond donors (Lipinski definition) is 4. The smallest absolute Gasteiger partial charge is 0.305 e. The molecule has 0 radical (unpaired) electrons. The van der Waals surface area contributed by atoms with Gasteiger partial charge in [0, 0.05) is 25.2 Å². The van der Waals surface area contributed by atoms with E-state index in [2.05, 4.69) is 13.8 Å².